The highest BCUT2D eigenvalue weighted by molar-refractivity contribution is 7.11. The Morgan fingerprint density at radius 1 is 1.38 bits per heavy atom. The van der Waals surface area contributed by atoms with Crippen LogP contribution < -0.4 is 0 Å². The molecular weight excluding hydrogens is 320 g/mol. The molecule has 0 spiro atoms. The van der Waals surface area contributed by atoms with Crippen molar-refractivity contribution in [3.05, 3.63) is 45.7 Å². The third-order valence-corrected chi connectivity index (χ3v) is 5.62. The molecule has 4 rings (SSSR count). The number of hydrogen-bond donors (Lipinski definition) is 1. The highest BCUT2D eigenvalue weighted by Crippen LogP contribution is 2.30. The molecule has 1 aromatic carbocycles. The van der Waals surface area contributed by atoms with Crippen molar-refractivity contribution in [1.82, 2.24) is 19.9 Å². The third kappa shape index (κ3) is 2.82. The Balaban J connectivity index is 1.56. The molecule has 124 valence electrons. The van der Waals surface area contributed by atoms with Crippen molar-refractivity contribution in [2.45, 2.75) is 32.6 Å². The number of aryl methyl sites for hydroxylation is 2. The van der Waals surface area contributed by atoms with Crippen LogP contribution in [0, 0.1) is 13.8 Å². The number of piperidine rings is 1. The molecule has 1 aliphatic heterocycles. The van der Waals surface area contributed by atoms with E-state index in [1.165, 1.54) is 4.88 Å². The first-order valence-corrected chi connectivity index (χ1v) is 9.10. The molecule has 6 heteroatoms. The second-order valence-corrected chi connectivity index (χ2v) is 7.72. The van der Waals surface area contributed by atoms with Crippen LogP contribution in [0.3, 0.4) is 0 Å². The summed E-state index contributed by atoms with van der Waals surface area (Å²) in [4.78, 5) is 28.2. The molecule has 1 saturated heterocycles. The minimum Gasteiger partial charge on any atom is -0.342 e. The molecule has 0 bridgehead atoms. The number of benzene rings is 1. The SMILES string of the molecule is Cc1nc2ccc(C(=O)N3CCC[C@H](c4ncc(C)s4)C3)cc2[nH]1. The molecule has 3 heterocycles. The first kappa shape index (κ1) is 15.3. The molecule has 2 aromatic heterocycles. The Kier molecular flexibility index (Phi) is 3.84. The predicted molar refractivity (Wildman–Crippen MR) is 95.6 cm³/mol. The van der Waals surface area contributed by atoms with Crippen molar-refractivity contribution in [2.75, 3.05) is 13.1 Å². The molecule has 1 fully saturated rings. The van der Waals surface area contributed by atoms with Crippen molar-refractivity contribution in [3.63, 3.8) is 0 Å². The van der Waals surface area contributed by atoms with Gasteiger partial charge in [0.25, 0.3) is 5.91 Å². The second-order valence-electron chi connectivity index (χ2n) is 6.45. The fraction of sp³-hybridized carbons (Fsp3) is 0.389. The van der Waals surface area contributed by atoms with Gasteiger partial charge in [-0.05, 0) is 44.9 Å². The number of nitrogens with one attached hydrogen (secondary N) is 1. The maximum Gasteiger partial charge on any atom is 0.253 e. The standard InChI is InChI=1S/C18H20N4OS/c1-11-9-19-17(24-11)14-4-3-7-22(10-14)18(23)13-5-6-15-16(8-13)21-12(2)20-15/h5-6,8-9,14H,3-4,7,10H2,1-2H3,(H,20,21)/t14-/m0/s1. The average Bonchev–Trinajstić information content (AvgIpc) is 3.18. The smallest absolute Gasteiger partial charge is 0.253 e. The second kappa shape index (κ2) is 6.02. The van der Waals surface area contributed by atoms with E-state index in [0.717, 1.165) is 53.4 Å². The van der Waals surface area contributed by atoms with Gasteiger partial charge in [-0.2, -0.15) is 0 Å². The molecule has 1 aliphatic rings. The number of imidazole rings is 1. The number of rotatable bonds is 2. The molecule has 3 aromatic rings. The number of thiazole rings is 1. The number of aromatic amines is 1. The van der Waals surface area contributed by atoms with Crippen molar-refractivity contribution < 1.29 is 4.79 Å². The average molecular weight is 340 g/mol. The number of H-pyrrole nitrogens is 1. The number of amides is 1. The van der Waals surface area contributed by atoms with Crippen molar-refractivity contribution in [2.24, 2.45) is 0 Å². The summed E-state index contributed by atoms with van der Waals surface area (Å²) in [6.45, 7) is 5.58. The van der Waals surface area contributed by atoms with E-state index in [9.17, 15) is 4.79 Å². The number of carbonyl (C=O) groups is 1. The van der Waals surface area contributed by atoms with E-state index in [4.69, 9.17) is 0 Å². The Morgan fingerprint density at radius 2 is 2.25 bits per heavy atom. The van der Waals surface area contributed by atoms with Crippen LogP contribution in [0.15, 0.2) is 24.4 Å². The lowest BCUT2D eigenvalue weighted by molar-refractivity contribution is 0.0707. The van der Waals surface area contributed by atoms with Crippen LogP contribution in [-0.2, 0) is 0 Å². The first-order valence-electron chi connectivity index (χ1n) is 8.28. The predicted octanol–water partition coefficient (Wildman–Crippen LogP) is 3.66. The summed E-state index contributed by atoms with van der Waals surface area (Å²) >= 11 is 1.75. The highest BCUT2D eigenvalue weighted by Gasteiger charge is 2.27. The van der Waals surface area contributed by atoms with Crippen molar-refractivity contribution >= 4 is 28.3 Å². The van der Waals surface area contributed by atoms with Gasteiger partial charge in [-0.15, -0.1) is 11.3 Å². The zero-order valence-electron chi connectivity index (χ0n) is 13.9. The Bertz CT molecular complexity index is 897. The van der Waals surface area contributed by atoms with Crippen LogP contribution in [0.1, 0.15) is 44.8 Å². The Labute approximate surface area is 144 Å². The van der Waals surface area contributed by atoms with Crippen molar-refractivity contribution in [1.29, 1.82) is 0 Å². The lowest BCUT2D eigenvalue weighted by Gasteiger charge is -2.32. The number of fused-ring (bicyclic) bond motifs is 1. The van der Waals surface area contributed by atoms with Gasteiger partial charge in [0.2, 0.25) is 0 Å². The van der Waals surface area contributed by atoms with Gasteiger partial charge in [0.1, 0.15) is 5.82 Å². The van der Waals surface area contributed by atoms with Crippen LogP contribution in [0.4, 0.5) is 0 Å². The quantitative estimate of drug-likeness (QED) is 0.774. The summed E-state index contributed by atoms with van der Waals surface area (Å²) in [6.07, 6.45) is 4.06. The number of aromatic nitrogens is 3. The van der Waals surface area contributed by atoms with Crippen LogP contribution in [0.5, 0.6) is 0 Å². The lowest BCUT2D eigenvalue weighted by Crippen LogP contribution is -2.39. The summed E-state index contributed by atoms with van der Waals surface area (Å²) in [5, 5.41) is 1.16. The zero-order valence-corrected chi connectivity index (χ0v) is 14.7. The van der Waals surface area contributed by atoms with Gasteiger partial charge < -0.3 is 9.88 Å². The van der Waals surface area contributed by atoms with E-state index in [-0.39, 0.29) is 5.91 Å². The van der Waals surface area contributed by atoms with E-state index in [2.05, 4.69) is 21.9 Å². The normalized spacial score (nSPS) is 18.2. The number of likely N-dealkylation sites (tertiary alicyclic amines) is 1. The zero-order chi connectivity index (χ0) is 16.7. The maximum atomic E-state index is 12.9. The molecule has 1 atom stereocenters. The maximum absolute atomic E-state index is 12.9. The molecule has 5 nitrogen and oxygen atoms in total. The number of nitrogens with zero attached hydrogens (tertiary/aromatic N) is 3. The topological polar surface area (TPSA) is 61.9 Å². The Morgan fingerprint density at radius 3 is 3.04 bits per heavy atom. The minimum atomic E-state index is 0.0992. The van der Waals surface area contributed by atoms with Crippen LogP contribution in [-0.4, -0.2) is 38.8 Å². The van der Waals surface area contributed by atoms with Gasteiger partial charge in [-0.1, -0.05) is 0 Å². The molecule has 0 aliphatic carbocycles. The minimum absolute atomic E-state index is 0.0992. The molecule has 1 N–H and O–H groups in total. The summed E-state index contributed by atoms with van der Waals surface area (Å²) in [6, 6.07) is 5.70. The molecule has 0 unspecified atom stereocenters. The molecule has 0 saturated carbocycles. The van der Waals surface area contributed by atoms with Crippen LogP contribution in [0.25, 0.3) is 11.0 Å². The van der Waals surface area contributed by atoms with Crippen molar-refractivity contribution in [3.8, 4) is 0 Å². The van der Waals surface area contributed by atoms with Gasteiger partial charge in [0.15, 0.2) is 0 Å². The summed E-state index contributed by atoms with van der Waals surface area (Å²) in [5.41, 5.74) is 2.54. The monoisotopic (exact) mass is 340 g/mol. The van der Waals surface area contributed by atoms with Gasteiger partial charge in [0, 0.05) is 35.6 Å². The molecule has 1 amide bonds. The number of carbonyl (C=O) groups excluding carboxylic acids is 1. The summed E-state index contributed by atoms with van der Waals surface area (Å²) < 4.78 is 0. The molecule has 0 radical (unpaired) electrons. The number of hydrogen-bond acceptors (Lipinski definition) is 4. The van der Waals surface area contributed by atoms with Gasteiger partial charge in [-0.25, -0.2) is 9.97 Å². The first-order chi connectivity index (χ1) is 11.6. The van der Waals surface area contributed by atoms with E-state index in [1.54, 1.807) is 11.3 Å². The lowest BCUT2D eigenvalue weighted by atomic mass is 9.98. The summed E-state index contributed by atoms with van der Waals surface area (Å²) in [7, 11) is 0. The van der Waals surface area contributed by atoms with E-state index in [1.807, 2.05) is 36.2 Å². The highest BCUT2D eigenvalue weighted by atomic mass is 32.1. The van der Waals surface area contributed by atoms with E-state index < -0.39 is 0 Å². The molecule has 24 heavy (non-hydrogen) atoms. The Hall–Kier alpha value is -2.21. The van der Waals surface area contributed by atoms with Crippen LogP contribution >= 0.6 is 11.3 Å². The van der Waals surface area contributed by atoms with Crippen LogP contribution in [0.2, 0.25) is 0 Å². The van der Waals surface area contributed by atoms with E-state index in [0.29, 0.717) is 5.92 Å². The van der Waals surface area contributed by atoms with Gasteiger partial charge in [-0.3, -0.25) is 4.79 Å². The summed E-state index contributed by atoms with van der Waals surface area (Å²) in [5.74, 6) is 1.33. The largest absolute Gasteiger partial charge is 0.342 e. The van der Waals surface area contributed by atoms with Gasteiger partial charge in [0.05, 0.1) is 16.0 Å². The third-order valence-electron chi connectivity index (χ3n) is 4.54. The van der Waals surface area contributed by atoms with Gasteiger partial charge >= 0.3 is 0 Å². The van der Waals surface area contributed by atoms with E-state index >= 15 is 0 Å². The molecular formula is C18H20N4OS. The fourth-order valence-corrected chi connectivity index (χ4v) is 4.28. The fourth-order valence-electron chi connectivity index (χ4n) is 3.38.